The van der Waals surface area contributed by atoms with Crippen LogP contribution in [0.1, 0.15) is 44.3 Å². The standard InChI is InChI=1S/C20H34N6OS.HI/c1-20(2,3)16-15-28-17(23-16)13-22-19(21-4)26-11-9-24(10-12-26)14-18(27)25-7-5-6-8-25;/h15H,5-14H2,1-4H3,(H,21,22);1H. The summed E-state index contributed by atoms with van der Waals surface area (Å²) in [7, 11) is 1.83. The van der Waals surface area contributed by atoms with Crippen LogP contribution in [0.4, 0.5) is 0 Å². The number of piperazine rings is 1. The molecule has 29 heavy (non-hydrogen) atoms. The molecule has 0 atom stereocenters. The molecule has 3 heterocycles. The Morgan fingerprint density at radius 2 is 1.79 bits per heavy atom. The van der Waals surface area contributed by atoms with Gasteiger partial charge in [-0.2, -0.15) is 0 Å². The second kappa shape index (κ2) is 10.9. The Morgan fingerprint density at radius 3 is 2.34 bits per heavy atom. The Hall–Kier alpha value is -0.940. The summed E-state index contributed by atoms with van der Waals surface area (Å²) < 4.78 is 0. The van der Waals surface area contributed by atoms with Gasteiger partial charge in [0, 0.05) is 57.1 Å². The minimum Gasteiger partial charge on any atom is -0.350 e. The topological polar surface area (TPSA) is 64.1 Å². The van der Waals surface area contributed by atoms with Gasteiger partial charge in [0.05, 0.1) is 18.8 Å². The maximum absolute atomic E-state index is 12.3. The predicted molar refractivity (Wildman–Crippen MR) is 130 cm³/mol. The number of hydrogen-bond donors (Lipinski definition) is 1. The quantitative estimate of drug-likeness (QED) is 0.365. The number of likely N-dealkylation sites (tertiary alicyclic amines) is 1. The van der Waals surface area contributed by atoms with Crippen LogP contribution in [0.5, 0.6) is 0 Å². The molecule has 2 aliphatic rings. The van der Waals surface area contributed by atoms with E-state index in [0.29, 0.717) is 13.1 Å². The van der Waals surface area contributed by atoms with E-state index in [1.54, 1.807) is 11.3 Å². The lowest BCUT2D eigenvalue weighted by Crippen LogP contribution is -2.54. The average Bonchev–Trinajstić information content (AvgIpc) is 3.35. The number of amides is 1. The van der Waals surface area contributed by atoms with Gasteiger partial charge in [0.15, 0.2) is 5.96 Å². The number of aromatic nitrogens is 1. The lowest BCUT2D eigenvalue weighted by atomic mass is 9.93. The third-order valence-electron chi connectivity index (χ3n) is 5.42. The molecule has 164 valence electrons. The van der Waals surface area contributed by atoms with Gasteiger partial charge in [-0.3, -0.25) is 14.7 Å². The van der Waals surface area contributed by atoms with Crippen molar-refractivity contribution >= 4 is 47.2 Å². The molecule has 7 nitrogen and oxygen atoms in total. The summed E-state index contributed by atoms with van der Waals surface area (Å²) in [6, 6.07) is 0. The van der Waals surface area contributed by atoms with E-state index >= 15 is 0 Å². The van der Waals surface area contributed by atoms with Crippen LogP contribution >= 0.6 is 35.3 Å². The molecular weight excluding hydrogens is 499 g/mol. The minimum absolute atomic E-state index is 0. The van der Waals surface area contributed by atoms with Crippen LogP contribution in [0, 0.1) is 0 Å². The second-order valence-electron chi connectivity index (χ2n) is 8.63. The smallest absolute Gasteiger partial charge is 0.236 e. The molecule has 0 unspecified atom stereocenters. The molecule has 1 aromatic heterocycles. The highest BCUT2D eigenvalue weighted by Crippen LogP contribution is 2.23. The van der Waals surface area contributed by atoms with E-state index in [1.165, 1.54) is 0 Å². The molecule has 0 aliphatic carbocycles. The summed E-state index contributed by atoms with van der Waals surface area (Å²) in [5.41, 5.74) is 1.22. The zero-order valence-electron chi connectivity index (χ0n) is 18.1. The van der Waals surface area contributed by atoms with Crippen LogP contribution in [-0.2, 0) is 16.8 Å². The number of aliphatic imine (C=N–C) groups is 1. The molecule has 0 spiro atoms. The Morgan fingerprint density at radius 1 is 1.14 bits per heavy atom. The maximum Gasteiger partial charge on any atom is 0.236 e. The van der Waals surface area contributed by atoms with Gasteiger partial charge in [0.2, 0.25) is 5.91 Å². The number of thiazole rings is 1. The van der Waals surface area contributed by atoms with Gasteiger partial charge >= 0.3 is 0 Å². The van der Waals surface area contributed by atoms with Crippen molar-refractivity contribution in [1.29, 1.82) is 0 Å². The number of nitrogens with zero attached hydrogens (tertiary/aromatic N) is 5. The van der Waals surface area contributed by atoms with Crippen molar-refractivity contribution in [3.63, 3.8) is 0 Å². The molecular formula is C20H35IN6OS. The largest absolute Gasteiger partial charge is 0.350 e. The first-order chi connectivity index (χ1) is 13.4. The molecule has 2 saturated heterocycles. The molecule has 0 saturated carbocycles. The monoisotopic (exact) mass is 534 g/mol. The normalized spacial score (nSPS) is 18.7. The van der Waals surface area contributed by atoms with E-state index < -0.39 is 0 Å². The lowest BCUT2D eigenvalue weighted by Gasteiger charge is -2.36. The van der Waals surface area contributed by atoms with Crippen LogP contribution in [-0.4, -0.2) is 84.4 Å². The molecule has 1 amide bonds. The van der Waals surface area contributed by atoms with Crippen molar-refractivity contribution in [3.8, 4) is 0 Å². The van der Waals surface area contributed by atoms with E-state index in [2.05, 4.69) is 46.3 Å². The zero-order chi connectivity index (χ0) is 20.1. The van der Waals surface area contributed by atoms with Gasteiger partial charge in [0.25, 0.3) is 0 Å². The third-order valence-corrected chi connectivity index (χ3v) is 6.27. The zero-order valence-corrected chi connectivity index (χ0v) is 21.3. The Balaban J connectivity index is 0.00000300. The summed E-state index contributed by atoms with van der Waals surface area (Å²) in [6.45, 7) is 13.2. The van der Waals surface area contributed by atoms with Crippen LogP contribution in [0.3, 0.4) is 0 Å². The number of halogens is 1. The number of carbonyl (C=O) groups excluding carboxylic acids is 1. The number of nitrogens with one attached hydrogen (secondary N) is 1. The first-order valence-corrected chi connectivity index (χ1v) is 11.2. The van der Waals surface area contributed by atoms with Crippen LogP contribution in [0.15, 0.2) is 10.4 Å². The van der Waals surface area contributed by atoms with Crippen LogP contribution in [0.25, 0.3) is 0 Å². The van der Waals surface area contributed by atoms with Gasteiger partial charge in [-0.1, -0.05) is 20.8 Å². The second-order valence-corrected chi connectivity index (χ2v) is 9.57. The summed E-state index contributed by atoms with van der Waals surface area (Å²) in [5.74, 6) is 1.20. The summed E-state index contributed by atoms with van der Waals surface area (Å²) in [6.07, 6.45) is 2.30. The van der Waals surface area contributed by atoms with Crippen LogP contribution in [0.2, 0.25) is 0 Å². The van der Waals surface area contributed by atoms with Gasteiger partial charge in [-0.15, -0.1) is 35.3 Å². The van der Waals surface area contributed by atoms with E-state index in [1.807, 2.05) is 11.9 Å². The highest BCUT2D eigenvalue weighted by atomic mass is 127. The van der Waals surface area contributed by atoms with Crippen molar-refractivity contribution in [1.82, 2.24) is 25.0 Å². The lowest BCUT2D eigenvalue weighted by molar-refractivity contribution is -0.131. The maximum atomic E-state index is 12.3. The highest BCUT2D eigenvalue weighted by molar-refractivity contribution is 14.0. The fourth-order valence-electron chi connectivity index (χ4n) is 3.60. The first kappa shape index (κ1) is 24.3. The minimum atomic E-state index is 0. The summed E-state index contributed by atoms with van der Waals surface area (Å²) in [4.78, 5) is 28.1. The molecule has 0 aromatic carbocycles. The predicted octanol–water partition coefficient (Wildman–Crippen LogP) is 2.37. The van der Waals surface area contributed by atoms with Gasteiger partial charge in [-0.25, -0.2) is 4.98 Å². The third kappa shape index (κ3) is 6.78. The molecule has 9 heteroatoms. The molecule has 1 aromatic rings. The fraction of sp³-hybridized carbons (Fsp3) is 0.750. The molecule has 0 radical (unpaired) electrons. The molecule has 1 N–H and O–H groups in total. The van der Waals surface area contributed by atoms with Crippen molar-refractivity contribution < 1.29 is 4.79 Å². The van der Waals surface area contributed by atoms with E-state index in [4.69, 9.17) is 4.98 Å². The molecule has 2 aliphatic heterocycles. The van der Waals surface area contributed by atoms with Crippen molar-refractivity contribution in [2.75, 3.05) is 52.9 Å². The fourth-order valence-corrected chi connectivity index (χ4v) is 4.56. The number of guanidine groups is 1. The molecule has 0 bridgehead atoms. The molecule has 3 rings (SSSR count). The van der Waals surface area contributed by atoms with Gasteiger partial charge in [0.1, 0.15) is 5.01 Å². The Kier molecular flexibility index (Phi) is 9.15. The van der Waals surface area contributed by atoms with Crippen molar-refractivity contribution in [3.05, 3.63) is 16.1 Å². The summed E-state index contributed by atoms with van der Waals surface area (Å²) >= 11 is 1.70. The van der Waals surface area contributed by atoms with Crippen molar-refractivity contribution in [2.24, 2.45) is 4.99 Å². The van der Waals surface area contributed by atoms with Gasteiger partial charge < -0.3 is 15.1 Å². The number of rotatable bonds is 4. The first-order valence-electron chi connectivity index (χ1n) is 10.3. The number of hydrogen-bond acceptors (Lipinski definition) is 5. The van der Waals surface area contributed by atoms with Crippen molar-refractivity contribution in [2.45, 2.75) is 45.6 Å². The Bertz CT molecular complexity index is 687. The van der Waals surface area contributed by atoms with E-state index in [0.717, 1.165) is 68.8 Å². The highest BCUT2D eigenvalue weighted by Gasteiger charge is 2.24. The summed E-state index contributed by atoms with van der Waals surface area (Å²) in [5, 5.41) is 6.68. The number of carbonyl (C=O) groups is 1. The average molecular weight is 535 g/mol. The molecule has 2 fully saturated rings. The van der Waals surface area contributed by atoms with E-state index in [9.17, 15) is 4.79 Å². The SMILES string of the molecule is CN=C(NCc1nc(C(C)(C)C)cs1)N1CCN(CC(=O)N2CCCC2)CC1.I. The van der Waals surface area contributed by atoms with Crippen LogP contribution < -0.4 is 5.32 Å². The Labute approximate surface area is 196 Å². The van der Waals surface area contributed by atoms with Gasteiger partial charge in [-0.05, 0) is 12.8 Å². The van der Waals surface area contributed by atoms with E-state index in [-0.39, 0.29) is 35.3 Å².